The van der Waals surface area contributed by atoms with Gasteiger partial charge in [0.2, 0.25) is 0 Å². The Morgan fingerprint density at radius 3 is 2.63 bits per heavy atom. The summed E-state index contributed by atoms with van der Waals surface area (Å²) in [6.07, 6.45) is 1.59. The summed E-state index contributed by atoms with van der Waals surface area (Å²) in [5.41, 5.74) is 1.26. The fraction of sp³-hybridized carbons (Fsp3) is 0.154. The largest absolute Gasteiger partial charge is 0.376 e. The van der Waals surface area contributed by atoms with Crippen LogP contribution in [0, 0.1) is 5.82 Å². The van der Waals surface area contributed by atoms with Crippen LogP contribution in [-0.2, 0) is 0 Å². The second kappa shape index (κ2) is 5.95. The molecule has 1 aromatic carbocycles. The van der Waals surface area contributed by atoms with E-state index in [2.05, 4.69) is 10.3 Å². The summed E-state index contributed by atoms with van der Waals surface area (Å²) < 4.78 is 13.5. The lowest BCUT2D eigenvalue weighted by Crippen LogP contribution is -2.08. The molecule has 100 valence electrons. The lowest BCUT2D eigenvalue weighted by molar-refractivity contribution is 0.624. The standard InChI is InChI=1S/C13H10Cl3FN2/c1-7(19-12-3-2-4-18-13(12)16)8-5-11(17)10(15)6-9(8)14/h2-7,19H,1H3. The van der Waals surface area contributed by atoms with Gasteiger partial charge in [-0.3, -0.25) is 0 Å². The molecule has 0 aliphatic heterocycles. The normalized spacial score (nSPS) is 12.3. The van der Waals surface area contributed by atoms with Crippen LogP contribution in [0.1, 0.15) is 18.5 Å². The molecule has 1 unspecified atom stereocenters. The zero-order valence-electron chi connectivity index (χ0n) is 9.92. The van der Waals surface area contributed by atoms with Crippen LogP contribution in [0.4, 0.5) is 10.1 Å². The van der Waals surface area contributed by atoms with Gasteiger partial charge in [-0.2, -0.15) is 0 Å². The summed E-state index contributed by atoms with van der Waals surface area (Å²) in [6.45, 7) is 1.85. The van der Waals surface area contributed by atoms with Crippen LogP contribution in [0.5, 0.6) is 0 Å². The molecule has 0 saturated carbocycles. The monoisotopic (exact) mass is 318 g/mol. The average Bonchev–Trinajstić information content (AvgIpc) is 2.36. The highest BCUT2D eigenvalue weighted by Crippen LogP contribution is 2.31. The van der Waals surface area contributed by atoms with Gasteiger partial charge in [-0.1, -0.05) is 34.8 Å². The molecule has 0 fully saturated rings. The van der Waals surface area contributed by atoms with E-state index in [-0.39, 0.29) is 11.1 Å². The van der Waals surface area contributed by atoms with Crippen LogP contribution in [0.2, 0.25) is 15.2 Å². The molecule has 2 nitrogen and oxygen atoms in total. The average molecular weight is 320 g/mol. The lowest BCUT2D eigenvalue weighted by Gasteiger charge is -2.18. The molecule has 19 heavy (non-hydrogen) atoms. The third-order valence-corrected chi connectivity index (χ3v) is 3.56. The smallest absolute Gasteiger partial charge is 0.152 e. The maximum atomic E-state index is 13.5. The minimum Gasteiger partial charge on any atom is -0.376 e. The number of pyridine rings is 1. The number of nitrogens with zero attached hydrogens (tertiary/aromatic N) is 1. The number of rotatable bonds is 3. The summed E-state index contributed by atoms with van der Waals surface area (Å²) in [5.74, 6) is -0.507. The van der Waals surface area contributed by atoms with Gasteiger partial charge in [-0.25, -0.2) is 9.37 Å². The van der Waals surface area contributed by atoms with Crippen molar-refractivity contribution in [1.82, 2.24) is 4.98 Å². The topological polar surface area (TPSA) is 24.9 Å². The Bertz CT molecular complexity index is 604. The summed E-state index contributed by atoms with van der Waals surface area (Å²) in [4.78, 5) is 3.95. The van der Waals surface area contributed by atoms with Crippen molar-refractivity contribution in [3.8, 4) is 0 Å². The van der Waals surface area contributed by atoms with Gasteiger partial charge in [0.1, 0.15) is 5.82 Å². The van der Waals surface area contributed by atoms with E-state index in [0.29, 0.717) is 21.4 Å². The highest BCUT2D eigenvalue weighted by atomic mass is 35.5. The Morgan fingerprint density at radius 2 is 1.95 bits per heavy atom. The molecule has 1 heterocycles. The maximum absolute atomic E-state index is 13.5. The van der Waals surface area contributed by atoms with Gasteiger partial charge >= 0.3 is 0 Å². The van der Waals surface area contributed by atoms with Gasteiger partial charge in [-0.05, 0) is 36.8 Å². The van der Waals surface area contributed by atoms with Crippen molar-refractivity contribution < 1.29 is 4.39 Å². The number of hydrogen-bond donors (Lipinski definition) is 1. The quantitative estimate of drug-likeness (QED) is 0.609. The van der Waals surface area contributed by atoms with Gasteiger partial charge in [0.05, 0.1) is 16.8 Å². The number of aromatic nitrogens is 1. The summed E-state index contributed by atoms with van der Waals surface area (Å²) in [6, 6.07) is 6.00. The van der Waals surface area contributed by atoms with Gasteiger partial charge in [0.15, 0.2) is 5.15 Å². The number of hydrogen-bond acceptors (Lipinski definition) is 2. The van der Waals surface area contributed by atoms with E-state index in [4.69, 9.17) is 34.8 Å². The molecule has 0 spiro atoms. The van der Waals surface area contributed by atoms with Crippen molar-refractivity contribution in [1.29, 1.82) is 0 Å². The molecular weight excluding hydrogens is 310 g/mol. The first-order chi connectivity index (χ1) is 8.99. The highest BCUT2D eigenvalue weighted by Gasteiger charge is 2.14. The molecule has 2 aromatic rings. The summed E-state index contributed by atoms with van der Waals surface area (Å²) in [5, 5.41) is 3.87. The predicted molar refractivity (Wildman–Crippen MR) is 77.7 cm³/mol. The van der Waals surface area contributed by atoms with E-state index in [1.165, 1.54) is 12.1 Å². The van der Waals surface area contributed by atoms with Crippen molar-refractivity contribution in [3.63, 3.8) is 0 Å². The Kier molecular flexibility index (Phi) is 4.50. The van der Waals surface area contributed by atoms with Gasteiger partial charge in [0.25, 0.3) is 0 Å². The van der Waals surface area contributed by atoms with Gasteiger partial charge < -0.3 is 5.32 Å². The van der Waals surface area contributed by atoms with Crippen LogP contribution in [0.25, 0.3) is 0 Å². The fourth-order valence-corrected chi connectivity index (χ4v) is 2.40. The van der Waals surface area contributed by atoms with E-state index in [1.807, 2.05) is 6.92 Å². The Labute approximate surface area is 125 Å². The number of nitrogens with one attached hydrogen (secondary N) is 1. The first kappa shape index (κ1) is 14.4. The summed E-state index contributed by atoms with van der Waals surface area (Å²) >= 11 is 17.7. The molecule has 0 bridgehead atoms. The number of halogens is 4. The van der Waals surface area contributed by atoms with Crippen molar-refractivity contribution in [2.45, 2.75) is 13.0 Å². The van der Waals surface area contributed by atoms with Crippen molar-refractivity contribution in [2.24, 2.45) is 0 Å². The van der Waals surface area contributed by atoms with E-state index >= 15 is 0 Å². The minimum absolute atomic E-state index is 0.000334. The highest BCUT2D eigenvalue weighted by molar-refractivity contribution is 6.35. The Balaban J connectivity index is 2.28. The van der Waals surface area contributed by atoms with Crippen molar-refractivity contribution >= 4 is 40.5 Å². The third-order valence-electron chi connectivity index (χ3n) is 2.64. The second-order valence-corrected chi connectivity index (χ2v) is 5.17. The predicted octanol–water partition coefficient (Wildman–Crippen LogP) is 5.35. The van der Waals surface area contributed by atoms with Crippen LogP contribution < -0.4 is 5.32 Å². The van der Waals surface area contributed by atoms with E-state index < -0.39 is 5.82 Å². The third kappa shape index (κ3) is 3.30. The second-order valence-electron chi connectivity index (χ2n) is 4.00. The molecule has 0 aliphatic carbocycles. The van der Waals surface area contributed by atoms with E-state index in [9.17, 15) is 4.39 Å². The SMILES string of the molecule is CC(Nc1cccnc1Cl)c1cc(F)c(Cl)cc1Cl. The maximum Gasteiger partial charge on any atom is 0.152 e. The molecule has 0 radical (unpaired) electrons. The molecule has 1 N–H and O–H groups in total. The summed E-state index contributed by atoms with van der Waals surface area (Å²) in [7, 11) is 0. The van der Waals surface area contributed by atoms with Crippen LogP contribution in [0.15, 0.2) is 30.5 Å². The fourth-order valence-electron chi connectivity index (χ4n) is 1.67. The zero-order valence-corrected chi connectivity index (χ0v) is 12.2. The molecule has 0 saturated heterocycles. The molecule has 1 aromatic heterocycles. The molecule has 1 atom stereocenters. The minimum atomic E-state index is -0.507. The van der Waals surface area contributed by atoms with E-state index in [0.717, 1.165) is 0 Å². The van der Waals surface area contributed by atoms with Crippen LogP contribution in [-0.4, -0.2) is 4.98 Å². The molecule has 0 amide bonds. The lowest BCUT2D eigenvalue weighted by atomic mass is 10.1. The Hall–Kier alpha value is -1.03. The zero-order chi connectivity index (χ0) is 14.0. The van der Waals surface area contributed by atoms with Crippen molar-refractivity contribution in [3.05, 3.63) is 57.0 Å². The van der Waals surface area contributed by atoms with Crippen LogP contribution in [0.3, 0.4) is 0 Å². The van der Waals surface area contributed by atoms with Crippen LogP contribution >= 0.6 is 34.8 Å². The van der Waals surface area contributed by atoms with Gasteiger partial charge in [0, 0.05) is 11.2 Å². The van der Waals surface area contributed by atoms with Crippen molar-refractivity contribution in [2.75, 3.05) is 5.32 Å². The molecule has 6 heteroatoms. The number of anilines is 1. The molecular formula is C13H10Cl3FN2. The first-order valence-corrected chi connectivity index (χ1v) is 6.64. The molecule has 0 aliphatic rings. The molecule has 2 rings (SSSR count). The number of benzene rings is 1. The first-order valence-electron chi connectivity index (χ1n) is 5.50. The van der Waals surface area contributed by atoms with Gasteiger partial charge in [-0.15, -0.1) is 0 Å². The van der Waals surface area contributed by atoms with E-state index in [1.54, 1.807) is 18.3 Å². The Morgan fingerprint density at radius 1 is 1.21 bits per heavy atom.